The van der Waals surface area contributed by atoms with Crippen molar-refractivity contribution < 1.29 is 19.4 Å². The van der Waals surface area contributed by atoms with Gasteiger partial charge in [0.2, 0.25) is 0 Å². The maximum Gasteiger partial charge on any atom is 0.341 e. The van der Waals surface area contributed by atoms with E-state index in [1.54, 1.807) is 24.4 Å². The molecular weight excluding hydrogens is 346 g/mol. The number of benzene rings is 1. The molecule has 7 nitrogen and oxygen atoms in total. The molecule has 1 aliphatic heterocycles. The van der Waals surface area contributed by atoms with Crippen molar-refractivity contribution in [2.45, 2.75) is 31.6 Å². The van der Waals surface area contributed by atoms with E-state index in [1.165, 1.54) is 7.11 Å². The molecule has 2 fully saturated rings. The molecule has 2 heterocycles. The average molecular weight is 371 g/mol. The number of H-pyrrole nitrogens is 1. The summed E-state index contributed by atoms with van der Waals surface area (Å²) in [5, 5.41) is 10.6. The molecular formula is C20H25N3O4. The highest BCUT2D eigenvalue weighted by Gasteiger charge is 2.43. The zero-order chi connectivity index (χ0) is 18.8. The molecule has 4 rings (SSSR count). The van der Waals surface area contributed by atoms with E-state index in [0.29, 0.717) is 29.6 Å². The summed E-state index contributed by atoms with van der Waals surface area (Å²) in [5.74, 6) is 1.94. The Balaban J connectivity index is 1.42. The van der Waals surface area contributed by atoms with Gasteiger partial charge in [0.05, 0.1) is 19.8 Å². The minimum Gasteiger partial charge on any atom is -0.487 e. The maximum atomic E-state index is 12.0. The number of carbonyl (C=O) groups is 1. The molecule has 144 valence electrons. The fraction of sp³-hybridized carbons (Fsp3) is 0.500. The highest BCUT2D eigenvalue weighted by Crippen LogP contribution is 2.38. The molecule has 1 saturated heterocycles. The number of aromatic amines is 1. The van der Waals surface area contributed by atoms with Gasteiger partial charge in [0.15, 0.2) is 0 Å². The van der Waals surface area contributed by atoms with Gasteiger partial charge in [-0.1, -0.05) is 12.1 Å². The zero-order valence-electron chi connectivity index (χ0n) is 15.4. The molecule has 0 bridgehead atoms. The van der Waals surface area contributed by atoms with Crippen LogP contribution in [0.1, 0.15) is 29.0 Å². The lowest BCUT2D eigenvalue weighted by molar-refractivity contribution is -0.0237. The first kappa shape index (κ1) is 18.0. The lowest BCUT2D eigenvalue weighted by Gasteiger charge is -2.35. The Morgan fingerprint density at radius 3 is 2.81 bits per heavy atom. The standard InChI is InChI=1S/C20H25N3O4/c1-26-20(25)15-4-2-3-5-17(15)27-18-9-14-11-23(10-13(14)8-16(18)24)12-19-21-6-7-22-19/h2-7,13-14,16,18,24H,8-12H2,1H3,(H,21,22)/t13-,14+,16+,18+/m0/s1. The fourth-order valence-electron chi connectivity index (χ4n) is 4.35. The number of likely N-dealkylation sites (tertiary alicyclic amines) is 1. The van der Waals surface area contributed by atoms with E-state index >= 15 is 0 Å². The number of nitrogens with one attached hydrogen (secondary N) is 1. The number of hydrogen-bond donors (Lipinski definition) is 2. The van der Waals surface area contributed by atoms with Crippen molar-refractivity contribution in [2.75, 3.05) is 20.2 Å². The number of hydrogen-bond acceptors (Lipinski definition) is 6. The molecule has 0 spiro atoms. The van der Waals surface area contributed by atoms with Crippen molar-refractivity contribution in [1.82, 2.24) is 14.9 Å². The molecule has 2 N–H and O–H groups in total. The van der Waals surface area contributed by atoms with Crippen LogP contribution in [0.15, 0.2) is 36.7 Å². The predicted molar refractivity (Wildman–Crippen MR) is 98.3 cm³/mol. The van der Waals surface area contributed by atoms with Gasteiger partial charge in [-0.2, -0.15) is 0 Å². The molecule has 2 aromatic rings. The van der Waals surface area contributed by atoms with E-state index in [2.05, 4.69) is 14.9 Å². The van der Waals surface area contributed by atoms with Crippen molar-refractivity contribution >= 4 is 5.97 Å². The second-order valence-corrected chi connectivity index (χ2v) is 7.43. The number of aliphatic hydroxyl groups is 1. The molecule has 0 amide bonds. The number of imidazole rings is 1. The summed E-state index contributed by atoms with van der Waals surface area (Å²) in [6.07, 6.45) is 4.23. The third-order valence-corrected chi connectivity index (χ3v) is 5.66. The molecule has 7 heteroatoms. The SMILES string of the molecule is COC(=O)c1ccccc1O[C@@H]1C[C@@H]2CN(Cc3ncc[nH]3)C[C@@H]2C[C@H]1O. The number of nitrogens with zero attached hydrogens (tertiary/aromatic N) is 2. The predicted octanol–water partition coefficient (Wildman–Crippen LogP) is 1.85. The van der Waals surface area contributed by atoms with E-state index in [1.807, 2.05) is 12.3 Å². The number of esters is 1. The maximum absolute atomic E-state index is 12.0. The monoisotopic (exact) mass is 371 g/mol. The van der Waals surface area contributed by atoms with Crippen molar-refractivity contribution in [2.24, 2.45) is 11.8 Å². The topological polar surface area (TPSA) is 87.7 Å². The van der Waals surface area contributed by atoms with Gasteiger partial charge in [-0.3, -0.25) is 4.90 Å². The summed E-state index contributed by atoms with van der Waals surface area (Å²) in [6.45, 7) is 2.73. The second-order valence-electron chi connectivity index (χ2n) is 7.43. The largest absolute Gasteiger partial charge is 0.487 e. The fourth-order valence-corrected chi connectivity index (χ4v) is 4.35. The van der Waals surface area contributed by atoms with Crippen LogP contribution in [0, 0.1) is 11.8 Å². The molecule has 2 aliphatic rings. The number of methoxy groups -OCH3 is 1. The Morgan fingerprint density at radius 2 is 2.07 bits per heavy atom. The molecule has 0 radical (unpaired) electrons. The van der Waals surface area contributed by atoms with Crippen LogP contribution in [0.5, 0.6) is 5.75 Å². The van der Waals surface area contributed by atoms with Gasteiger partial charge in [-0.05, 0) is 36.8 Å². The van der Waals surface area contributed by atoms with Crippen LogP contribution in [-0.2, 0) is 11.3 Å². The minimum absolute atomic E-state index is 0.319. The van der Waals surface area contributed by atoms with Gasteiger partial charge >= 0.3 is 5.97 Å². The van der Waals surface area contributed by atoms with Gasteiger partial charge in [-0.15, -0.1) is 0 Å². The number of aromatic nitrogens is 2. The lowest BCUT2D eigenvalue weighted by Crippen LogP contribution is -2.42. The number of carbonyl (C=O) groups excluding carboxylic acids is 1. The molecule has 1 aromatic heterocycles. The van der Waals surface area contributed by atoms with E-state index in [0.717, 1.165) is 31.9 Å². The quantitative estimate of drug-likeness (QED) is 0.780. The molecule has 0 unspecified atom stereocenters. The molecule has 1 aliphatic carbocycles. The number of rotatable bonds is 5. The second kappa shape index (κ2) is 7.70. The van der Waals surface area contributed by atoms with Gasteiger partial charge in [0, 0.05) is 25.5 Å². The molecule has 1 saturated carbocycles. The van der Waals surface area contributed by atoms with Gasteiger partial charge in [0.25, 0.3) is 0 Å². The van der Waals surface area contributed by atoms with Gasteiger partial charge < -0.3 is 19.6 Å². The summed E-state index contributed by atoms with van der Waals surface area (Å²) in [5.41, 5.74) is 0.389. The van der Waals surface area contributed by atoms with E-state index in [9.17, 15) is 9.90 Å². The zero-order valence-corrected chi connectivity index (χ0v) is 15.4. The average Bonchev–Trinajstić information content (AvgIpc) is 3.31. The molecule has 4 atom stereocenters. The normalized spacial score (nSPS) is 27.9. The van der Waals surface area contributed by atoms with Crippen molar-refractivity contribution in [3.8, 4) is 5.75 Å². The van der Waals surface area contributed by atoms with Crippen LogP contribution >= 0.6 is 0 Å². The Hall–Kier alpha value is -2.38. The Bertz CT molecular complexity index is 779. The molecule has 27 heavy (non-hydrogen) atoms. The first-order valence-corrected chi connectivity index (χ1v) is 9.36. The Labute approximate surface area is 158 Å². The van der Waals surface area contributed by atoms with Crippen LogP contribution < -0.4 is 4.74 Å². The Morgan fingerprint density at radius 1 is 1.30 bits per heavy atom. The number of para-hydroxylation sites is 1. The van der Waals surface area contributed by atoms with Crippen molar-refractivity contribution in [1.29, 1.82) is 0 Å². The lowest BCUT2D eigenvalue weighted by atomic mass is 9.78. The van der Waals surface area contributed by atoms with Crippen molar-refractivity contribution in [3.63, 3.8) is 0 Å². The smallest absolute Gasteiger partial charge is 0.341 e. The van der Waals surface area contributed by atoms with E-state index in [4.69, 9.17) is 9.47 Å². The van der Waals surface area contributed by atoms with Crippen molar-refractivity contribution in [3.05, 3.63) is 48.0 Å². The first-order valence-electron chi connectivity index (χ1n) is 9.36. The number of aliphatic hydroxyl groups excluding tert-OH is 1. The Kier molecular flexibility index (Phi) is 5.13. The van der Waals surface area contributed by atoms with Crippen LogP contribution in [0.2, 0.25) is 0 Å². The summed E-state index contributed by atoms with van der Waals surface area (Å²) in [4.78, 5) is 21.8. The highest BCUT2D eigenvalue weighted by atomic mass is 16.5. The third-order valence-electron chi connectivity index (χ3n) is 5.66. The van der Waals surface area contributed by atoms with Gasteiger partial charge in [-0.25, -0.2) is 9.78 Å². The third kappa shape index (κ3) is 3.84. The summed E-state index contributed by atoms with van der Waals surface area (Å²) in [6, 6.07) is 7.03. The summed E-state index contributed by atoms with van der Waals surface area (Å²) in [7, 11) is 1.35. The minimum atomic E-state index is -0.541. The first-order chi connectivity index (χ1) is 13.1. The van der Waals surface area contributed by atoms with Gasteiger partial charge in [0.1, 0.15) is 23.2 Å². The number of ether oxygens (including phenoxy) is 2. The summed E-state index contributed by atoms with van der Waals surface area (Å²) >= 11 is 0. The molecule has 1 aromatic carbocycles. The van der Waals surface area contributed by atoms with Crippen LogP contribution in [-0.4, -0.2) is 58.4 Å². The van der Waals surface area contributed by atoms with E-state index < -0.39 is 12.1 Å². The highest BCUT2D eigenvalue weighted by molar-refractivity contribution is 5.92. The van der Waals surface area contributed by atoms with Crippen LogP contribution in [0.25, 0.3) is 0 Å². The summed E-state index contributed by atoms with van der Waals surface area (Å²) < 4.78 is 10.9. The van der Waals surface area contributed by atoms with Crippen LogP contribution in [0.3, 0.4) is 0 Å². The number of fused-ring (bicyclic) bond motifs is 1. The van der Waals surface area contributed by atoms with Crippen LogP contribution in [0.4, 0.5) is 0 Å². The van der Waals surface area contributed by atoms with E-state index in [-0.39, 0.29) is 6.10 Å².